The molecule has 0 amide bonds. The van der Waals surface area contributed by atoms with Gasteiger partial charge in [-0.15, -0.1) is 24.0 Å². The van der Waals surface area contributed by atoms with Crippen LogP contribution in [0.1, 0.15) is 31.4 Å². The van der Waals surface area contributed by atoms with Crippen LogP contribution in [0, 0.1) is 11.6 Å². The second-order valence-electron chi connectivity index (χ2n) is 4.73. The molecule has 1 rings (SSSR count). The van der Waals surface area contributed by atoms with Gasteiger partial charge in [0.25, 0.3) is 0 Å². The molecule has 0 aliphatic heterocycles. The Bertz CT molecular complexity index is 472. The molecule has 126 valence electrons. The van der Waals surface area contributed by atoms with Crippen LogP contribution >= 0.6 is 35.7 Å². The highest BCUT2D eigenvalue weighted by molar-refractivity contribution is 14.0. The van der Waals surface area contributed by atoms with E-state index in [2.05, 4.69) is 21.9 Å². The molecule has 0 heterocycles. The SMILES string of the molecule is CN=C(NCCCCSC)NC(C)c1ccc(F)cc1F.I. The minimum absolute atomic E-state index is 0. The first-order chi connectivity index (χ1) is 10.1. The Morgan fingerprint density at radius 3 is 2.64 bits per heavy atom. The summed E-state index contributed by atoms with van der Waals surface area (Å²) in [6.45, 7) is 2.63. The lowest BCUT2D eigenvalue weighted by molar-refractivity contribution is 0.550. The summed E-state index contributed by atoms with van der Waals surface area (Å²) in [6.07, 6.45) is 4.29. The molecular weight excluding hydrogens is 419 g/mol. The highest BCUT2D eigenvalue weighted by Gasteiger charge is 2.12. The number of nitrogens with zero attached hydrogens (tertiary/aromatic N) is 1. The van der Waals surface area contributed by atoms with Gasteiger partial charge in [0.15, 0.2) is 5.96 Å². The van der Waals surface area contributed by atoms with Gasteiger partial charge in [0.1, 0.15) is 11.6 Å². The van der Waals surface area contributed by atoms with Gasteiger partial charge < -0.3 is 10.6 Å². The normalized spacial score (nSPS) is 12.5. The van der Waals surface area contributed by atoms with E-state index in [1.54, 1.807) is 7.05 Å². The molecule has 2 N–H and O–H groups in total. The van der Waals surface area contributed by atoms with E-state index in [9.17, 15) is 8.78 Å². The first-order valence-corrected chi connectivity index (χ1v) is 8.39. The molecule has 1 unspecified atom stereocenters. The van der Waals surface area contributed by atoms with Crippen molar-refractivity contribution >= 4 is 41.7 Å². The van der Waals surface area contributed by atoms with E-state index in [1.165, 1.54) is 12.1 Å². The molecule has 1 aromatic carbocycles. The van der Waals surface area contributed by atoms with Crippen molar-refractivity contribution in [3.05, 3.63) is 35.4 Å². The molecule has 0 fully saturated rings. The molecule has 0 bridgehead atoms. The summed E-state index contributed by atoms with van der Waals surface area (Å²) < 4.78 is 26.6. The molecule has 0 aromatic heterocycles. The van der Waals surface area contributed by atoms with Gasteiger partial charge in [-0.2, -0.15) is 11.8 Å². The van der Waals surface area contributed by atoms with Crippen LogP contribution in [-0.2, 0) is 0 Å². The van der Waals surface area contributed by atoms with Crippen molar-refractivity contribution < 1.29 is 8.78 Å². The maximum atomic E-state index is 13.7. The number of guanidine groups is 1. The third-order valence-electron chi connectivity index (χ3n) is 3.07. The number of unbranched alkanes of at least 4 members (excludes halogenated alkanes) is 1. The molecule has 0 radical (unpaired) electrons. The van der Waals surface area contributed by atoms with Crippen molar-refractivity contribution in [2.75, 3.05) is 25.6 Å². The van der Waals surface area contributed by atoms with Gasteiger partial charge >= 0.3 is 0 Å². The molecule has 7 heteroatoms. The van der Waals surface area contributed by atoms with E-state index in [4.69, 9.17) is 0 Å². The van der Waals surface area contributed by atoms with Gasteiger partial charge in [0, 0.05) is 25.2 Å². The maximum Gasteiger partial charge on any atom is 0.191 e. The van der Waals surface area contributed by atoms with Gasteiger partial charge in [-0.25, -0.2) is 8.78 Å². The Kier molecular flexibility index (Phi) is 11.6. The fourth-order valence-corrected chi connectivity index (χ4v) is 2.40. The lowest BCUT2D eigenvalue weighted by atomic mass is 10.1. The summed E-state index contributed by atoms with van der Waals surface area (Å²) >= 11 is 1.83. The summed E-state index contributed by atoms with van der Waals surface area (Å²) in [5.74, 6) is 0.644. The largest absolute Gasteiger partial charge is 0.356 e. The van der Waals surface area contributed by atoms with E-state index < -0.39 is 11.6 Å². The highest BCUT2D eigenvalue weighted by Crippen LogP contribution is 2.17. The van der Waals surface area contributed by atoms with Crippen molar-refractivity contribution in [3.63, 3.8) is 0 Å². The fourth-order valence-electron chi connectivity index (χ4n) is 1.91. The number of hydrogen-bond donors (Lipinski definition) is 2. The molecule has 0 spiro atoms. The predicted octanol–water partition coefficient (Wildman–Crippen LogP) is 3.95. The molecule has 1 atom stereocenters. The van der Waals surface area contributed by atoms with Crippen LogP contribution in [0.4, 0.5) is 8.78 Å². The monoisotopic (exact) mass is 443 g/mol. The van der Waals surface area contributed by atoms with Crippen molar-refractivity contribution in [2.24, 2.45) is 4.99 Å². The Labute approximate surface area is 152 Å². The fraction of sp³-hybridized carbons (Fsp3) is 0.533. The van der Waals surface area contributed by atoms with E-state index in [0.717, 1.165) is 31.2 Å². The van der Waals surface area contributed by atoms with E-state index >= 15 is 0 Å². The van der Waals surface area contributed by atoms with Gasteiger partial charge in [-0.3, -0.25) is 4.99 Å². The van der Waals surface area contributed by atoms with Crippen LogP contribution in [0.15, 0.2) is 23.2 Å². The average Bonchev–Trinajstić information content (AvgIpc) is 2.45. The molecule has 3 nitrogen and oxygen atoms in total. The number of halogens is 3. The van der Waals surface area contributed by atoms with Crippen LogP contribution < -0.4 is 10.6 Å². The van der Waals surface area contributed by atoms with E-state index in [0.29, 0.717) is 11.5 Å². The molecule has 0 saturated heterocycles. The molecule has 0 aliphatic rings. The van der Waals surface area contributed by atoms with Gasteiger partial charge in [-0.05, 0) is 37.8 Å². The number of hydrogen-bond acceptors (Lipinski definition) is 2. The molecule has 0 saturated carbocycles. The number of benzene rings is 1. The Balaban J connectivity index is 0.00000441. The minimum Gasteiger partial charge on any atom is -0.356 e. The Morgan fingerprint density at radius 1 is 1.32 bits per heavy atom. The predicted molar refractivity (Wildman–Crippen MR) is 102 cm³/mol. The standard InChI is InChI=1S/C15H23F2N3S.HI/c1-11(13-7-6-12(16)10-14(13)17)20-15(18-2)19-8-4-5-9-21-3;/h6-7,10-11H,4-5,8-9H2,1-3H3,(H2,18,19,20);1H. The zero-order chi connectivity index (χ0) is 15.7. The van der Waals surface area contributed by atoms with Crippen molar-refractivity contribution in [3.8, 4) is 0 Å². The van der Waals surface area contributed by atoms with E-state index in [1.807, 2.05) is 18.7 Å². The van der Waals surface area contributed by atoms with Crippen LogP contribution in [0.2, 0.25) is 0 Å². The van der Waals surface area contributed by atoms with Crippen LogP contribution in [0.5, 0.6) is 0 Å². The summed E-state index contributed by atoms with van der Waals surface area (Å²) in [7, 11) is 1.67. The number of thioether (sulfide) groups is 1. The lowest BCUT2D eigenvalue weighted by Crippen LogP contribution is -2.39. The van der Waals surface area contributed by atoms with E-state index in [-0.39, 0.29) is 30.0 Å². The second-order valence-corrected chi connectivity index (χ2v) is 5.72. The molecule has 0 aliphatic carbocycles. The van der Waals surface area contributed by atoms with Crippen LogP contribution in [-0.4, -0.2) is 31.6 Å². The summed E-state index contributed by atoms with van der Waals surface area (Å²) in [4.78, 5) is 4.11. The zero-order valence-corrected chi connectivity index (χ0v) is 16.3. The van der Waals surface area contributed by atoms with Crippen LogP contribution in [0.25, 0.3) is 0 Å². The van der Waals surface area contributed by atoms with Gasteiger partial charge in [0.05, 0.1) is 6.04 Å². The van der Waals surface area contributed by atoms with Crippen LogP contribution in [0.3, 0.4) is 0 Å². The summed E-state index contributed by atoms with van der Waals surface area (Å²) in [5.41, 5.74) is 0.418. The van der Waals surface area contributed by atoms with Crippen molar-refractivity contribution in [1.82, 2.24) is 10.6 Å². The first kappa shape index (κ1) is 21.4. The lowest BCUT2D eigenvalue weighted by Gasteiger charge is -2.18. The highest BCUT2D eigenvalue weighted by atomic mass is 127. The number of nitrogens with one attached hydrogen (secondary N) is 2. The number of rotatable bonds is 7. The minimum atomic E-state index is -0.570. The third-order valence-corrected chi connectivity index (χ3v) is 3.77. The zero-order valence-electron chi connectivity index (χ0n) is 13.2. The molecule has 1 aromatic rings. The first-order valence-electron chi connectivity index (χ1n) is 6.99. The topological polar surface area (TPSA) is 36.4 Å². The Hall–Kier alpha value is -0.570. The molecule has 22 heavy (non-hydrogen) atoms. The second kappa shape index (κ2) is 11.9. The Morgan fingerprint density at radius 2 is 2.05 bits per heavy atom. The summed E-state index contributed by atoms with van der Waals surface area (Å²) in [5, 5.41) is 6.30. The maximum absolute atomic E-state index is 13.7. The third kappa shape index (κ3) is 7.62. The van der Waals surface area contributed by atoms with Crippen molar-refractivity contribution in [2.45, 2.75) is 25.8 Å². The molecular formula is C15H24F2IN3S. The van der Waals surface area contributed by atoms with Crippen molar-refractivity contribution in [1.29, 1.82) is 0 Å². The average molecular weight is 443 g/mol. The van der Waals surface area contributed by atoms with Gasteiger partial charge in [0.2, 0.25) is 0 Å². The smallest absolute Gasteiger partial charge is 0.191 e. The van der Waals surface area contributed by atoms with Gasteiger partial charge in [-0.1, -0.05) is 6.07 Å². The number of aliphatic imine (C=N–C) groups is 1. The quantitative estimate of drug-likeness (QED) is 0.290. The summed E-state index contributed by atoms with van der Waals surface area (Å²) in [6, 6.07) is 3.32.